The van der Waals surface area contributed by atoms with Crippen LogP contribution in [0.4, 0.5) is 0 Å². The Bertz CT molecular complexity index is 555. The lowest BCUT2D eigenvalue weighted by Gasteiger charge is -1.99. The van der Waals surface area contributed by atoms with Gasteiger partial charge in [-0.05, 0) is 18.9 Å². The topological polar surface area (TPSA) is 94.0 Å². The minimum absolute atomic E-state index is 0.108. The van der Waals surface area contributed by atoms with Crippen molar-refractivity contribution in [3.05, 3.63) is 29.7 Å². The van der Waals surface area contributed by atoms with Crippen LogP contribution in [0.3, 0.4) is 0 Å². The molecule has 1 aliphatic rings. The van der Waals surface area contributed by atoms with Gasteiger partial charge in [-0.1, -0.05) is 5.16 Å². The van der Waals surface area contributed by atoms with Crippen LogP contribution in [0.1, 0.15) is 41.0 Å². The maximum absolute atomic E-state index is 10.9. The summed E-state index contributed by atoms with van der Waals surface area (Å²) in [5.74, 6) is 0.496. The number of aromatic nitrogens is 4. The predicted octanol–water partition coefficient (Wildman–Crippen LogP) is 0.890. The zero-order valence-corrected chi connectivity index (χ0v) is 8.91. The first-order valence-corrected chi connectivity index (χ1v) is 5.31. The monoisotopic (exact) mass is 234 g/mol. The summed E-state index contributed by atoms with van der Waals surface area (Å²) in [6.07, 6.45) is 3.63. The van der Waals surface area contributed by atoms with Crippen LogP contribution in [0.15, 0.2) is 16.8 Å². The number of aromatic carboxylic acids is 1. The number of hydrogen-bond donors (Lipinski definition) is 1. The van der Waals surface area contributed by atoms with Crippen molar-refractivity contribution in [3.8, 4) is 0 Å². The van der Waals surface area contributed by atoms with Crippen LogP contribution in [-0.4, -0.2) is 31.0 Å². The van der Waals surface area contributed by atoms with E-state index in [1.807, 2.05) is 0 Å². The molecule has 0 aromatic carbocycles. The number of rotatable bonds is 4. The number of nitrogens with zero attached hydrogens (tertiary/aromatic N) is 4. The molecule has 1 saturated carbocycles. The molecule has 0 atom stereocenters. The van der Waals surface area contributed by atoms with Crippen LogP contribution in [0.5, 0.6) is 0 Å². The summed E-state index contributed by atoms with van der Waals surface area (Å²) in [6.45, 7) is 0.189. The minimum Gasteiger partial charge on any atom is -0.477 e. The fourth-order valence-corrected chi connectivity index (χ4v) is 1.61. The van der Waals surface area contributed by atoms with E-state index in [4.69, 9.17) is 9.63 Å². The number of carbonyl (C=O) groups is 1. The van der Waals surface area contributed by atoms with Gasteiger partial charge in [0.15, 0.2) is 5.82 Å². The molecule has 1 N–H and O–H groups in total. The van der Waals surface area contributed by atoms with Crippen LogP contribution in [0.25, 0.3) is 0 Å². The SMILES string of the molecule is O=C(O)c1ccnn1Cc1nc(C2CC2)no1. The highest BCUT2D eigenvalue weighted by Gasteiger charge is 2.28. The average molecular weight is 234 g/mol. The van der Waals surface area contributed by atoms with E-state index in [2.05, 4.69) is 15.2 Å². The Kier molecular flexibility index (Phi) is 2.17. The average Bonchev–Trinajstić information content (AvgIpc) is 2.87. The van der Waals surface area contributed by atoms with E-state index in [1.54, 1.807) is 0 Å². The van der Waals surface area contributed by atoms with E-state index >= 15 is 0 Å². The second-order valence-electron chi connectivity index (χ2n) is 4.00. The molecule has 0 saturated heterocycles. The minimum atomic E-state index is -1.02. The molecule has 1 aliphatic carbocycles. The molecule has 0 aliphatic heterocycles. The summed E-state index contributed by atoms with van der Waals surface area (Å²) in [5.41, 5.74) is 0.108. The fraction of sp³-hybridized carbons (Fsp3) is 0.400. The van der Waals surface area contributed by atoms with Gasteiger partial charge in [0.1, 0.15) is 12.2 Å². The Morgan fingerprint density at radius 2 is 2.41 bits per heavy atom. The third-order valence-electron chi connectivity index (χ3n) is 2.65. The van der Waals surface area contributed by atoms with Crippen molar-refractivity contribution in [1.82, 2.24) is 19.9 Å². The summed E-state index contributed by atoms with van der Waals surface area (Å²) >= 11 is 0. The second-order valence-corrected chi connectivity index (χ2v) is 4.00. The van der Waals surface area contributed by atoms with E-state index < -0.39 is 5.97 Å². The zero-order valence-electron chi connectivity index (χ0n) is 8.91. The van der Waals surface area contributed by atoms with Crippen molar-refractivity contribution in [2.24, 2.45) is 0 Å². The maximum Gasteiger partial charge on any atom is 0.354 e. The Balaban J connectivity index is 1.80. The Morgan fingerprint density at radius 1 is 1.59 bits per heavy atom. The number of hydrogen-bond acceptors (Lipinski definition) is 5. The van der Waals surface area contributed by atoms with Crippen molar-refractivity contribution < 1.29 is 14.4 Å². The summed E-state index contributed by atoms with van der Waals surface area (Å²) in [5, 5.41) is 16.7. The van der Waals surface area contributed by atoms with Crippen molar-refractivity contribution in [2.45, 2.75) is 25.3 Å². The van der Waals surface area contributed by atoms with E-state index in [9.17, 15) is 4.79 Å². The smallest absolute Gasteiger partial charge is 0.354 e. The standard InChI is InChI=1S/C10H10N4O3/c15-10(16)7-3-4-11-14(7)5-8-12-9(13-17-8)6-1-2-6/h3-4,6H,1-2,5H2,(H,15,16). The van der Waals surface area contributed by atoms with Gasteiger partial charge in [0.2, 0.25) is 5.89 Å². The first kappa shape index (κ1) is 10.0. The van der Waals surface area contributed by atoms with E-state index in [-0.39, 0.29) is 12.2 Å². The highest BCUT2D eigenvalue weighted by molar-refractivity contribution is 5.85. The van der Waals surface area contributed by atoms with E-state index in [1.165, 1.54) is 16.9 Å². The van der Waals surface area contributed by atoms with Gasteiger partial charge in [0.05, 0.1) is 0 Å². The highest BCUT2D eigenvalue weighted by atomic mass is 16.5. The molecule has 0 spiro atoms. The third-order valence-corrected chi connectivity index (χ3v) is 2.65. The molecule has 88 valence electrons. The molecular weight excluding hydrogens is 224 g/mol. The molecule has 2 aromatic heterocycles. The van der Waals surface area contributed by atoms with Crippen molar-refractivity contribution in [3.63, 3.8) is 0 Å². The highest BCUT2D eigenvalue weighted by Crippen LogP contribution is 2.38. The summed E-state index contributed by atoms with van der Waals surface area (Å²) < 4.78 is 6.39. The quantitative estimate of drug-likeness (QED) is 0.844. The van der Waals surface area contributed by atoms with Crippen LogP contribution >= 0.6 is 0 Å². The number of carboxylic acids is 1. The second kappa shape index (κ2) is 3.69. The van der Waals surface area contributed by atoms with Crippen LogP contribution in [0.2, 0.25) is 0 Å². The summed E-state index contributed by atoms with van der Waals surface area (Å²) in [6, 6.07) is 1.43. The molecule has 0 unspecified atom stereocenters. The molecule has 0 amide bonds. The lowest BCUT2D eigenvalue weighted by atomic mass is 10.4. The van der Waals surface area contributed by atoms with Crippen LogP contribution < -0.4 is 0 Å². The summed E-state index contributed by atoms with van der Waals surface area (Å²) in [7, 11) is 0. The van der Waals surface area contributed by atoms with E-state index in [0.29, 0.717) is 17.6 Å². The molecule has 17 heavy (non-hydrogen) atoms. The van der Waals surface area contributed by atoms with Crippen LogP contribution in [-0.2, 0) is 6.54 Å². The molecule has 2 aromatic rings. The van der Waals surface area contributed by atoms with Gasteiger partial charge in [0, 0.05) is 12.1 Å². The Morgan fingerprint density at radius 3 is 3.12 bits per heavy atom. The fourth-order valence-electron chi connectivity index (χ4n) is 1.61. The van der Waals surface area contributed by atoms with Gasteiger partial charge in [-0.3, -0.25) is 0 Å². The molecule has 1 fully saturated rings. The number of carboxylic acid groups (broad SMARTS) is 1. The molecular formula is C10H10N4O3. The van der Waals surface area contributed by atoms with Crippen molar-refractivity contribution in [1.29, 1.82) is 0 Å². The third kappa shape index (κ3) is 1.91. The van der Waals surface area contributed by atoms with Gasteiger partial charge in [-0.15, -0.1) is 0 Å². The van der Waals surface area contributed by atoms with Gasteiger partial charge in [-0.2, -0.15) is 10.1 Å². The lowest BCUT2D eigenvalue weighted by molar-refractivity contribution is 0.0683. The largest absolute Gasteiger partial charge is 0.477 e. The summed E-state index contributed by atoms with van der Waals surface area (Å²) in [4.78, 5) is 15.1. The first-order chi connectivity index (χ1) is 8.24. The molecule has 7 nitrogen and oxygen atoms in total. The van der Waals surface area contributed by atoms with E-state index in [0.717, 1.165) is 12.8 Å². The van der Waals surface area contributed by atoms with Gasteiger partial charge in [0.25, 0.3) is 0 Å². The Hall–Kier alpha value is -2.18. The van der Waals surface area contributed by atoms with Gasteiger partial charge in [-0.25, -0.2) is 9.48 Å². The maximum atomic E-state index is 10.9. The molecule has 7 heteroatoms. The molecule has 2 heterocycles. The normalized spacial score (nSPS) is 15.1. The first-order valence-electron chi connectivity index (χ1n) is 5.31. The van der Waals surface area contributed by atoms with Crippen molar-refractivity contribution in [2.75, 3.05) is 0 Å². The lowest BCUT2D eigenvalue weighted by Crippen LogP contribution is -2.11. The molecule has 0 radical (unpaired) electrons. The molecule has 0 bridgehead atoms. The molecule has 3 rings (SSSR count). The zero-order chi connectivity index (χ0) is 11.8. The van der Waals surface area contributed by atoms with Gasteiger partial charge < -0.3 is 9.63 Å². The predicted molar refractivity (Wildman–Crippen MR) is 54.6 cm³/mol. The van der Waals surface area contributed by atoms with Crippen molar-refractivity contribution >= 4 is 5.97 Å². The Labute approximate surface area is 96.1 Å². The van der Waals surface area contributed by atoms with Gasteiger partial charge >= 0.3 is 5.97 Å². The van der Waals surface area contributed by atoms with Crippen LogP contribution in [0, 0.1) is 0 Å².